The summed E-state index contributed by atoms with van der Waals surface area (Å²) in [7, 11) is -1.16. The fourth-order valence-electron chi connectivity index (χ4n) is 3.93. The third-order valence-corrected chi connectivity index (χ3v) is 7.45. The zero-order valence-corrected chi connectivity index (χ0v) is 18.9. The first-order chi connectivity index (χ1) is 15.4. The number of nitrogens with zero attached hydrogens (tertiary/aromatic N) is 3. The first kappa shape index (κ1) is 22.2. The number of hydrogen-bond donors (Lipinski definition) is 1. The topological polar surface area (TPSA) is 93.5 Å². The lowest BCUT2D eigenvalue weighted by molar-refractivity contribution is -0.0258. The van der Waals surface area contributed by atoms with Crippen LogP contribution in [0.2, 0.25) is 0 Å². The number of carbonyl (C=O) groups excluding carboxylic acids is 1. The Morgan fingerprint density at radius 2 is 1.91 bits per heavy atom. The maximum absolute atomic E-state index is 12.8. The van der Waals surface area contributed by atoms with Gasteiger partial charge in [0.05, 0.1) is 30.8 Å². The van der Waals surface area contributed by atoms with Gasteiger partial charge in [0, 0.05) is 23.9 Å². The molecular formula is C23H26N4O4S. The molecule has 0 saturated heterocycles. The van der Waals surface area contributed by atoms with Crippen molar-refractivity contribution in [3.63, 3.8) is 0 Å². The minimum Gasteiger partial charge on any atom is -0.345 e. The first-order valence-electron chi connectivity index (χ1n) is 10.4. The van der Waals surface area contributed by atoms with E-state index in [-0.39, 0.29) is 16.8 Å². The molecule has 1 atom stereocenters. The summed E-state index contributed by atoms with van der Waals surface area (Å²) in [6.45, 7) is 0.697. The van der Waals surface area contributed by atoms with E-state index in [9.17, 15) is 13.2 Å². The van der Waals surface area contributed by atoms with Crippen molar-refractivity contribution >= 4 is 15.9 Å². The van der Waals surface area contributed by atoms with Crippen LogP contribution in [0.25, 0.3) is 0 Å². The number of hydroxylamine groups is 1. The highest BCUT2D eigenvalue weighted by Gasteiger charge is 2.26. The zero-order chi connectivity index (χ0) is 22.7. The SMILES string of the molecule is CON(C)S(=O)(=O)c1ccc(C(=O)NC2CCCc3c2cnn3Cc2ccccc2)cc1. The number of aromatic nitrogens is 2. The number of amides is 1. The van der Waals surface area contributed by atoms with Gasteiger partial charge in [0.1, 0.15) is 0 Å². The van der Waals surface area contributed by atoms with Crippen LogP contribution in [0.1, 0.15) is 46.1 Å². The Bertz CT molecular complexity index is 1190. The van der Waals surface area contributed by atoms with E-state index >= 15 is 0 Å². The quantitative estimate of drug-likeness (QED) is 0.554. The molecule has 1 aromatic heterocycles. The Balaban J connectivity index is 1.48. The third-order valence-electron chi connectivity index (χ3n) is 5.75. The Hall–Kier alpha value is -3.01. The molecule has 0 aliphatic heterocycles. The average molecular weight is 455 g/mol. The molecule has 1 amide bonds. The number of hydrogen-bond acceptors (Lipinski definition) is 5. The molecule has 0 radical (unpaired) electrons. The molecule has 0 spiro atoms. The van der Waals surface area contributed by atoms with Crippen LogP contribution in [0.4, 0.5) is 0 Å². The third kappa shape index (κ3) is 4.45. The molecule has 1 aliphatic carbocycles. The highest BCUT2D eigenvalue weighted by molar-refractivity contribution is 7.89. The first-order valence-corrected chi connectivity index (χ1v) is 11.9. The lowest BCUT2D eigenvalue weighted by Gasteiger charge is -2.24. The molecule has 0 bridgehead atoms. The van der Waals surface area contributed by atoms with Crippen LogP contribution in [-0.4, -0.2) is 42.7 Å². The van der Waals surface area contributed by atoms with Crippen LogP contribution in [0, 0.1) is 0 Å². The van der Waals surface area contributed by atoms with Crippen LogP contribution in [0.3, 0.4) is 0 Å². The van der Waals surface area contributed by atoms with Gasteiger partial charge in [0.2, 0.25) is 0 Å². The molecule has 4 rings (SSSR count). The summed E-state index contributed by atoms with van der Waals surface area (Å²) >= 11 is 0. The fourth-order valence-corrected chi connectivity index (χ4v) is 4.90. The summed E-state index contributed by atoms with van der Waals surface area (Å²) in [5.74, 6) is -0.247. The molecule has 8 nitrogen and oxygen atoms in total. The molecular weight excluding hydrogens is 428 g/mol. The average Bonchev–Trinajstić information content (AvgIpc) is 3.23. The van der Waals surface area contributed by atoms with Crippen LogP contribution < -0.4 is 5.32 Å². The van der Waals surface area contributed by atoms with Gasteiger partial charge < -0.3 is 5.32 Å². The van der Waals surface area contributed by atoms with E-state index in [0.717, 1.165) is 35.0 Å². The van der Waals surface area contributed by atoms with Gasteiger partial charge in [-0.2, -0.15) is 5.10 Å². The van der Waals surface area contributed by atoms with E-state index in [4.69, 9.17) is 4.84 Å². The molecule has 32 heavy (non-hydrogen) atoms. The van der Waals surface area contributed by atoms with Crippen molar-refractivity contribution in [2.24, 2.45) is 0 Å². The normalized spacial score (nSPS) is 16.0. The number of carbonyl (C=O) groups is 1. The van der Waals surface area contributed by atoms with Gasteiger partial charge >= 0.3 is 0 Å². The van der Waals surface area contributed by atoms with Crippen molar-refractivity contribution in [1.82, 2.24) is 19.6 Å². The summed E-state index contributed by atoms with van der Waals surface area (Å²) in [6.07, 6.45) is 4.56. The molecule has 1 N–H and O–H groups in total. The number of rotatable bonds is 7. The van der Waals surface area contributed by atoms with Crippen LogP contribution in [0.5, 0.6) is 0 Å². The van der Waals surface area contributed by atoms with Crippen LogP contribution in [-0.2, 0) is 27.8 Å². The lowest BCUT2D eigenvalue weighted by atomic mass is 9.92. The van der Waals surface area contributed by atoms with E-state index in [1.807, 2.05) is 29.1 Å². The number of sulfonamides is 1. The monoisotopic (exact) mass is 454 g/mol. The van der Waals surface area contributed by atoms with Gasteiger partial charge in [-0.3, -0.25) is 14.3 Å². The largest absolute Gasteiger partial charge is 0.345 e. The maximum atomic E-state index is 12.8. The second-order valence-corrected chi connectivity index (χ2v) is 9.67. The standard InChI is InChI=1S/C23H26N4O4S/c1-26(31-2)32(29,30)19-13-11-18(12-14-19)23(28)25-21-9-6-10-22-20(21)15-24-27(22)16-17-7-4-3-5-8-17/h3-5,7-8,11-15,21H,6,9-10,16H2,1-2H3,(H,25,28). The minimum atomic E-state index is -3.75. The molecule has 3 aromatic rings. The molecule has 168 valence electrons. The molecule has 0 fully saturated rings. The van der Waals surface area contributed by atoms with Crippen LogP contribution in [0.15, 0.2) is 65.7 Å². The van der Waals surface area contributed by atoms with Crippen molar-refractivity contribution < 1.29 is 18.0 Å². The van der Waals surface area contributed by atoms with Crippen molar-refractivity contribution in [3.8, 4) is 0 Å². The zero-order valence-electron chi connectivity index (χ0n) is 18.1. The summed E-state index contributed by atoms with van der Waals surface area (Å²) in [6, 6.07) is 15.9. The van der Waals surface area contributed by atoms with Crippen molar-refractivity contribution in [2.45, 2.75) is 36.7 Å². The summed E-state index contributed by atoms with van der Waals surface area (Å²) in [5.41, 5.74) is 3.77. The number of fused-ring (bicyclic) bond motifs is 1. The number of benzene rings is 2. The van der Waals surface area contributed by atoms with E-state index in [2.05, 4.69) is 22.5 Å². The molecule has 1 heterocycles. The van der Waals surface area contributed by atoms with Gasteiger partial charge in [-0.1, -0.05) is 34.8 Å². The molecule has 1 aliphatic rings. The van der Waals surface area contributed by atoms with Gasteiger partial charge in [-0.15, -0.1) is 0 Å². The second kappa shape index (κ2) is 9.23. The van der Waals surface area contributed by atoms with Gasteiger partial charge in [0.25, 0.3) is 15.9 Å². The summed E-state index contributed by atoms with van der Waals surface area (Å²) in [5, 5.41) is 7.65. The molecule has 0 saturated carbocycles. The fraction of sp³-hybridized carbons (Fsp3) is 0.304. The van der Waals surface area contributed by atoms with E-state index in [1.165, 1.54) is 44.0 Å². The minimum absolute atomic E-state index is 0.0561. The molecule has 2 aromatic carbocycles. The highest BCUT2D eigenvalue weighted by atomic mass is 32.2. The number of nitrogens with one attached hydrogen (secondary N) is 1. The Kier molecular flexibility index (Phi) is 6.40. The van der Waals surface area contributed by atoms with E-state index < -0.39 is 10.0 Å². The second-order valence-electron chi connectivity index (χ2n) is 7.73. The van der Waals surface area contributed by atoms with E-state index in [0.29, 0.717) is 12.1 Å². The van der Waals surface area contributed by atoms with Crippen molar-refractivity contribution in [2.75, 3.05) is 14.2 Å². The van der Waals surface area contributed by atoms with Crippen molar-refractivity contribution in [1.29, 1.82) is 0 Å². The lowest BCUT2D eigenvalue weighted by Crippen LogP contribution is -2.31. The Morgan fingerprint density at radius 3 is 2.59 bits per heavy atom. The summed E-state index contributed by atoms with van der Waals surface area (Å²) < 4.78 is 27.4. The summed E-state index contributed by atoms with van der Waals surface area (Å²) in [4.78, 5) is 17.7. The van der Waals surface area contributed by atoms with Crippen molar-refractivity contribution in [3.05, 3.63) is 83.2 Å². The van der Waals surface area contributed by atoms with Gasteiger partial charge in [0.15, 0.2) is 0 Å². The Labute approximate surface area is 187 Å². The molecule has 9 heteroatoms. The van der Waals surface area contributed by atoms with Crippen LogP contribution >= 0.6 is 0 Å². The Morgan fingerprint density at radius 1 is 1.19 bits per heavy atom. The van der Waals surface area contributed by atoms with Gasteiger partial charge in [-0.05, 0) is 49.1 Å². The predicted octanol–water partition coefficient (Wildman–Crippen LogP) is 2.92. The highest BCUT2D eigenvalue weighted by Crippen LogP contribution is 2.30. The maximum Gasteiger partial charge on any atom is 0.264 e. The van der Waals surface area contributed by atoms with E-state index in [1.54, 1.807) is 0 Å². The smallest absolute Gasteiger partial charge is 0.264 e. The molecule has 1 unspecified atom stereocenters. The van der Waals surface area contributed by atoms with Gasteiger partial charge in [-0.25, -0.2) is 8.42 Å². The predicted molar refractivity (Wildman–Crippen MR) is 119 cm³/mol.